The van der Waals surface area contributed by atoms with Crippen LogP contribution in [0.1, 0.15) is 25.3 Å². The molecule has 0 radical (unpaired) electrons. The SMILES string of the molecule is COc1ccc(COCC/C=C\CC(N(C(C)=O)c2ccc(OC)cc2)C(F)(F)F)cc1. The lowest BCUT2D eigenvalue weighted by Crippen LogP contribution is -2.48. The zero-order valence-electron chi connectivity index (χ0n) is 18.4. The van der Waals surface area contributed by atoms with Crippen LogP contribution >= 0.6 is 0 Å². The van der Waals surface area contributed by atoms with E-state index in [1.165, 1.54) is 37.5 Å². The number of carbonyl (C=O) groups excluding carboxylic acids is 1. The van der Waals surface area contributed by atoms with Gasteiger partial charge in [0, 0.05) is 12.6 Å². The molecule has 0 aromatic heterocycles. The topological polar surface area (TPSA) is 48.0 Å². The van der Waals surface area contributed by atoms with Crippen LogP contribution in [0.4, 0.5) is 18.9 Å². The highest BCUT2D eigenvalue weighted by Gasteiger charge is 2.44. The van der Waals surface area contributed by atoms with Crippen molar-refractivity contribution in [2.75, 3.05) is 25.7 Å². The van der Waals surface area contributed by atoms with E-state index >= 15 is 0 Å². The van der Waals surface area contributed by atoms with Crippen LogP contribution in [0.25, 0.3) is 0 Å². The summed E-state index contributed by atoms with van der Waals surface area (Å²) in [6.45, 7) is 1.90. The molecule has 0 saturated carbocycles. The average molecular weight is 451 g/mol. The number of hydrogen-bond acceptors (Lipinski definition) is 4. The van der Waals surface area contributed by atoms with Gasteiger partial charge in [-0.05, 0) is 54.8 Å². The van der Waals surface area contributed by atoms with E-state index in [0.717, 1.165) is 23.1 Å². The van der Waals surface area contributed by atoms with Crippen LogP contribution < -0.4 is 14.4 Å². The molecule has 2 aromatic rings. The Balaban J connectivity index is 1.92. The quantitative estimate of drug-likeness (QED) is 0.332. The number of ether oxygens (including phenoxy) is 3. The summed E-state index contributed by atoms with van der Waals surface area (Å²) in [7, 11) is 3.05. The van der Waals surface area contributed by atoms with Crippen molar-refractivity contribution >= 4 is 11.6 Å². The summed E-state index contributed by atoms with van der Waals surface area (Å²) in [4.78, 5) is 12.8. The molecule has 5 nitrogen and oxygen atoms in total. The highest BCUT2D eigenvalue weighted by molar-refractivity contribution is 5.92. The molecular weight excluding hydrogens is 423 g/mol. The fraction of sp³-hybridized carbons (Fsp3) is 0.375. The number of alkyl halides is 3. The number of methoxy groups -OCH3 is 2. The Labute approximate surface area is 186 Å². The number of carbonyl (C=O) groups is 1. The summed E-state index contributed by atoms with van der Waals surface area (Å²) in [5, 5.41) is 0. The lowest BCUT2D eigenvalue weighted by atomic mass is 10.1. The van der Waals surface area contributed by atoms with Crippen LogP contribution in [-0.4, -0.2) is 39.0 Å². The molecule has 1 atom stereocenters. The highest BCUT2D eigenvalue weighted by atomic mass is 19.4. The van der Waals surface area contributed by atoms with Gasteiger partial charge in [-0.2, -0.15) is 13.2 Å². The van der Waals surface area contributed by atoms with Crippen molar-refractivity contribution in [3.63, 3.8) is 0 Å². The van der Waals surface area contributed by atoms with E-state index in [1.54, 1.807) is 13.2 Å². The van der Waals surface area contributed by atoms with Crippen LogP contribution in [0, 0.1) is 0 Å². The number of benzene rings is 2. The first-order chi connectivity index (χ1) is 15.3. The molecule has 2 rings (SSSR count). The van der Waals surface area contributed by atoms with Gasteiger partial charge in [-0.15, -0.1) is 0 Å². The molecule has 0 aliphatic heterocycles. The van der Waals surface area contributed by atoms with Crippen molar-refractivity contribution in [2.45, 2.75) is 38.6 Å². The molecule has 0 bridgehead atoms. The molecule has 0 heterocycles. The monoisotopic (exact) mass is 451 g/mol. The second kappa shape index (κ2) is 12.1. The van der Waals surface area contributed by atoms with Gasteiger partial charge in [0.05, 0.1) is 27.4 Å². The van der Waals surface area contributed by atoms with Gasteiger partial charge >= 0.3 is 6.18 Å². The number of rotatable bonds is 11. The van der Waals surface area contributed by atoms with Gasteiger partial charge in [-0.1, -0.05) is 24.3 Å². The Morgan fingerprint density at radius 3 is 2.03 bits per heavy atom. The first-order valence-electron chi connectivity index (χ1n) is 10.1. The van der Waals surface area contributed by atoms with Crippen LogP contribution in [0.3, 0.4) is 0 Å². The Morgan fingerprint density at radius 2 is 1.53 bits per heavy atom. The summed E-state index contributed by atoms with van der Waals surface area (Å²) in [5.41, 5.74) is 1.14. The number of hydrogen-bond donors (Lipinski definition) is 0. The second-order valence-electron chi connectivity index (χ2n) is 7.04. The summed E-state index contributed by atoms with van der Waals surface area (Å²) < 4.78 is 56.9. The zero-order chi connectivity index (χ0) is 23.6. The molecule has 0 N–H and O–H groups in total. The average Bonchev–Trinajstić information content (AvgIpc) is 2.77. The van der Waals surface area contributed by atoms with Crippen LogP contribution in [0.15, 0.2) is 60.7 Å². The maximum absolute atomic E-state index is 13.7. The van der Waals surface area contributed by atoms with E-state index in [0.29, 0.717) is 25.4 Å². The molecule has 32 heavy (non-hydrogen) atoms. The summed E-state index contributed by atoms with van der Waals surface area (Å²) in [6, 6.07) is 11.4. The minimum absolute atomic E-state index is 0.164. The Morgan fingerprint density at radius 1 is 0.969 bits per heavy atom. The molecule has 0 saturated heterocycles. The first kappa shape index (κ1) is 25.3. The summed E-state index contributed by atoms with van der Waals surface area (Å²) in [6.07, 6.45) is -1.40. The maximum atomic E-state index is 13.7. The number of anilines is 1. The van der Waals surface area contributed by atoms with E-state index < -0.39 is 18.1 Å². The van der Waals surface area contributed by atoms with Crippen molar-refractivity contribution in [1.82, 2.24) is 0 Å². The third-order valence-corrected chi connectivity index (χ3v) is 4.76. The third-order valence-electron chi connectivity index (χ3n) is 4.76. The largest absolute Gasteiger partial charge is 0.497 e. The molecule has 0 fully saturated rings. The van der Waals surface area contributed by atoms with Crippen molar-refractivity contribution < 1.29 is 32.2 Å². The van der Waals surface area contributed by atoms with Gasteiger partial charge in [0.1, 0.15) is 17.5 Å². The van der Waals surface area contributed by atoms with Crippen LogP contribution in [0.5, 0.6) is 11.5 Å². The minimum atomic E-state index is -4.58. The van der Waals surface area contributed by atoms with Gasteiger partial charge in [0.25, 0.3) is 0 Å². The van der Waals surface area contributed by atoms with Crippen LogP contribution in [-0.2, 0) is 16.1 Å². The first-order valence-corrected chi connectivity index (χ1v) is 10.1. The van der Waals surface area contributed by atoms with Gasteiger partial charge in [0.2, 0.25) is 5.91 Å². The number of nitrogens with zero attached hydrogens (tertiary/aromatic N) is 1. The van der Waals surface area contributed by atoms with E-state index in [2.05, 4.69) is 0 Å². The third kappa shape index (κ3) is 7.60. The summed E-state index contributed by atoms with van der Waals surface area (Å²) >= 11 is 0. The lowest BCUT2D eigenvalue weighted by molar-refractivity contribution is -0.152. The van der Waals surface area contributed by atoms with Gasteiger partial charge in [-0.25, -0.2) is 0 Å². The normalized spacial score (nSPS) is 12.6. The van der Waals surface area contributed by atoms with Crippen molar-refractivity contribution in [1.29, 1.82) is 0 Å². The fourth-order valence-corrected chi connectivity index (χ4v) is 3.12. The lowest BCUT2D eigenvalue weighted by Gasteiger charge is -2.32. The molecule has 1 amide bonds. The predicted molar refractivity (Wildman–Crippen MR) is 117 cm³/mol. The standard InChI is InChI=1S/C24H28F3NO4/c1-18(29)28(20-10-14-22(31-3)15-11-20)23(24(25,26)27)7-5-4-6-16-32-17-19-8-12-21(30-2)13-9-19/h4-5,8-15,23H,6-7,16-17H2,1-3H3/b5-4-. The highest BCUT2D eigenvalue weighted by Crippen LogP contribution is 2.32. The number of halogens is 3. The Kier molecular flexibility index (Phi) is 9.59. The second-order valence-corrected chi connectivity index (χ2v) is 7.04. The van der Waals surface area contributed by atoms with E-state index in [4.69, 9.17) is 14.2 Å². The zero-order valence-corrected chi connectivity index (χ0v) is 18.4. The minimum Gasteiger partial charge on any atom is -0.497 e. The Bertz CT molecular complexity index is 864. The molecule has 0 aliphatic carbocycles. The molecule has 174 valence electrons. The molecular formula is C24H28F3NO4. The fourth-order valence-electron chi connectivity index (χ4n) is 3.12. The molecule has 8 heteroatoms. The van der Waals surface area contributed by atoms with Crippen molar-refractivity contribution in [3.05, 3.63) is 66.2 Å². The van der Waals surface area contributed by atoms with Crippen molar-refractivity contribution in [3.8, 4) is 11.5 Å². The smallest absolute Gasteiger partial charge is 0.409 e. The molecule has 1 unspecified atom stereocenters. The summed E-state index contributed by atoms with van der Waals surface area (Å²) in [5.74, 6) is 0.564. The molecule has 2 aromatic carbocycles. The maximum Gasteiger partial charge on any atom is 0.409 e. The Hall–Kier alpha value is -3.00. The van der Waals surface area contributed by atoms with E-state index in [1.807, 2.05) is 24.3 Å². The van der Waals surface area contributed by atoms with Gasteiger partial charge < -0.3 is 19.1 Å². The van der Waals surface area contributed by atoms with Gasteiger partial charge in [0.15, 0.2) is 0 Å². The van der Waals surface area contributed by atoms with E-state index in [-0.39, 0.29) is 12.1 Å². The van der Waals surface area contributed by atoms with Crippen molar-refractivity contribution in [2.24, 2.45) is 0 Å². The molecule has 0 aliphatic rings. The van der Waals surface area contributed by atoms with Crippen LogP contribution in [0.2, 0.25) is 0 Å². The molecule has 0 spiro atoms. The number of amides is 1. The van der Waals surface area contributed by atoms with Gasteiger partial charge in [-0.3, -0.25) is 4.79 Å². The predicted octanol–water partition coefficient (Wildman–Crippen LogP) is 5.54. The van der Waals surface area contributed by atoms with E-state index in [9.17, 15) is 18.0 Å².